The minimum atomic E-state index is -4.90. The van der Waals surface area contributed by atoms with Gasteiger partial charge in [-0.1, -0.05) is 17.4 Å². The highest BCUT2D eigenvalue weighted by atomic mass is 19.4. The summed E-state index contributed by atoms with van der Waals surface area (Å²) in [5, 5.41) is 37.9. The standard InChI is InChI=1S/C29H20F6N8O5/c1-2-36-25-24(48-25)13-7-20(22-11-42(40-38-22)14-3-5-18(28(30,31)32)16(9-14)26(44)45)37-21(8-13)23-12-43(41-39-23)15-4-6-19(29(33,34)35)17(10-15)27(46)47/h3-12,24-25,36H,2H2,1H3,(H,44,45)(H,46,47). The molecular formula is C29H20F6N8O5. The first kappa shape index (κ1) is 32.3. The van der Waals surface area contributed by atoms with E-state index < -0.39 is 52.6 Å². The van der Waals surface area contributed by atoms with Crippen molar-refractivity contribution in [3.63, 3.8) is 0 Å². The molecule has 2 unspecified atom stereocenters. The summed E-state index contributed by atoms with van der Waals surface area (Å²) in [6.45, 7) is 2.48. The molecule has 1 aliphatic heterocycles. The number of pyridine rings is 1. The van der Waals surface area contributed by atoms with Gasteiger partial charge in [-0.2, -0.15) is 26.3 Å². The van der Waals surface area contributed by atoms with E-state index in [2.05, 4.69) is 30.9 Å². The lowest BCUT2D eigenvalue weighted by atomic mass is 10.1. The molecule has 1 fully saturated rings. The molecule has 0 amide bonds. The molecule has 13 nitrogen and oxygen atoms in total. The number of ether oxygens (including phenoxy) is 1. The van der Waals surface area contributed by atoms with Crippen molar-refractivity contribution in [1.29, 1.82) is 0 Å². The van der Waals surface area contributed by atoms with Gasteiger partial charge in [0.2, 0.25) is 0 Å². The van der Waals surface area contributed by atoms with Gasteiger partial charge in [-0.25, -0.2) is 23.9 Å². The number of halogens is 6. The lowest BCUT2D eigenvalue weighted by Gasteiger charge is -2.11. The van der Waals surface area contributed by atoms with E-state index in [4.69, 9.17) is 4.74 Å². The van der Waals surface area contributed by atoms with Crippen molar-refractivity contribution < 1.29 is 50.9 Å². The average molecular weight is 675 g/mol. The highest BCUT2D eigenvalue weighted by molar-refractivity contribution is 5.91. The maximum Gasteiger partial charge on any atom is 0.417 e. The molecule has 6 rings (SSSR count). The van der Waals surface area contributed by atoms with Gasteiger partial charge >= 0.3 is 24.3 Å². The van der Waals surface area contributed by atoms with Gasteiger partial charge in [0.1, 0.15) is 23.7 Å². The first-order valence-corrected chi connectivity index (χ1v) is 13.8. The topological polar surface area (TPSA) is 173 Å². The summed E-state index contributed by atoms with van der Waals surface area (Å²) in [6.07, 6.45) is -7.89. The molecule has 0 aliphatic carbocycles. The fourth-order valence-corrected chi connectivity index (χ4v) is 4.91. The van der Waals surface area contributed by atoms with Crippen LogP contribution in [0.1, 0.15) is 50.4 Å². The summed E-state index contributed by atoms with van der Waals surface area (Å²) in [5.74, 6) is -3.57. The Morgan fingerprint density at radius 1 is 0.771 bits per heavy atom. The second-order valence-corrected chi connectivity index (χ2v) is 10.4. The van der Waals surface area contributed by atoms with Gasteiger partial charge in [0, 0.05) is 0 Å². The smallest absolute Gasteiger partial charge is 0.417 e. The molecule has 2 aromatic carbocycles. The summed E-state index contributed by atoms with van der Waals surface area (Å²) in [6, 6.07) is 8.22. The normalized spacial score (nSPS) is 16.2. The molecule has 48 heavy (non-hydrogen) atoms. The lowest BCUT2D eigenvalue weighted by Crippen LogP contribution is -2.16. The number of benzene rings is 2. The van der Waals surface area contributed by atoms with E-state index in [1.54, 1.807) is 12.1 Å². The van der Waals surface area contributed by atoms with E-state index in [1.165, 1.54) is 12.4 Å². The summed E-state index contributed by atoms with van der Waals surface area (Å²) >= 11 is 0. The van der Waals surface area contributed by atoms with E-state index in [-0.39, 0.29) is 40.4 Å². The molecular weight excluding hydrogens is 654 g/mol. The number of aromatic nitrogens is 7. The number of hydrogen-bond donors (Lipinski definition) is 3. The van der Waals surface area contributed by atoms with Gasteiger partial charge < -0.3 is 14.9 Å². The minimum absolute atomic E-state index is 0.0199. The molecule has 0 saturated carbocycles. The Bertz CT molecular complexity index is 1930. The van der Waals surface area contributed by atoms with Crippen LogP contribution in [0.4, 0.5) is 26.3 Å². The zero-order valence-electron chi connectivity index (χ0n) is 24.2. The number of rotatable bonds is 9. The second kappa shape index (κ2) is 11.8. The van der Waals surface area contributed by atoms with Crippen molar-refractivity contribution in [1.82, 2.24) is 40.3 Å². The highest BCUT2D eigenvalue weighted by Gasteiger charge is 2.40. The SMILES string of the molecule is CCNC1OC1c1cc(-c2cn(-c3ccc(C(F)(F)F)c(C(=O)O)c3)nn2)nc(-c2cn(-c3ccc(C(F)(F)F)c(C(=O)O)c3)nn2)c1. The number of likely N-dealkylation sites (N-methyl/N-ethyl adjacent to an activating group) is 1. The van der Waals surface area contributed by atoms with E-state index in [0.29, 0.717) is 24.2 Å². The number of nitrogens with one attached hydrogen (secondary N) is 1. The monoisotopic (exact) mass is 674 g/mol. The number of carbonyl (C=O) groups is 2. The van der Waals surface area contributed by atoms with E-state index >= 15 is 0 Å². The molecule has 5 aromatic rings. The van der Waals surface area contributed by atoms with Crippen LogP contribution in [0.3, 0.4) is 0 Å². The molecule has 1 saturated heterocycles. The molecule has 0 spiro atoms. The fourth-order valence-electron chi connectivity index (χ4n) is 4.91. The fraction of sp³-hybridized carbons (Fsp3) is 0.207. The maximum atomic E-state index is 13.3. The quantitative estimate of drug-likeness (QED) is 0.142. The first-order valence-electron chi connectivity index (χ1n) is 13.8. The van der Waals surface area contributed by atoms with Crippen LogP contribution in [0.5, 0.6) is 0 Å². The van der Waals surface area contributed by atoms with Crippen molar-refractivity contribution >= 4 is 11.9 Å². The van der Waals surface area contributed by atoms with Crippen molar-refractivity contribution in [3.05, 3.63) is 88.7 Å². The Morgan fingerprint density at radius 2 is 1.23 bits per heavy atom. The van der Waals surface area contributed by atoms with Crippen molar-refractivity contribution in [3.8, 4) is 34.2 Å². The number of alkyl halides is 6. The van der Waals surface area contributed by atoms with Crippen LogP contribution in [-0.4, -0.2) is 69.9 Å². The van der Waals surface area contributed by atoms with Crippen molar-refractivity contribution in [2.24, 2.45) is 0 Å². The van der Waals surface area contributed by atoms with Crippen LogP contribution in [0.25, 0.3) is 34.2 Å². The maximum absolute atomic E-state index is 13.3. The van der Waals surface area contributed by atoms with Gasteiger partial charge in [0.15, 0.2) is 0 Å². The Hall–Kier alpha value is -5.69. The van der Waals surface area contributed by atoms with Gasteiger partial charge in [0.05, 0.1) is 57.4 Å². The van der Waals surface area contributed by atoms with Crippen LogP contribution in [0, 0.1) is 0 Å². The van der Waals surface area contributed by atoms with Crippen molar-refractivity contribution in [2.45, 2.75) is 31.6 Å². The summed E-state index contributed by atoms with van der Waals surface area (Å²) in [4.78, 5) is 27.7. The molecule has 248 valence electrons. The number of carboxylic acid groups (broad SMARTS) is 2. The first-order chi connectivity index (χ1) is 22.6. The minimum Gasteiger partial charge on any atom is -0.478 e. The lowest BCUT2D eigenvalue weighted by molar-refractivity contribution is -0.138. The zero-order chi connectivity index (χ0) is 34.5. The van der Waals surface area contributed by atoms with Crippen LogP contribution in [0.2, 0.25) is 0 Å². The molecule has 0 bridgehead atoms. The van der Waals surface area contributed by atoms with Crippen molar-refractivity contribution in [2.75, 3.05) is 6.54 Å². The van der Waals surface area contributed by atoms with Gasteiger partial charge in [0.25, 0.3) is 0 Å². The molecule has 4 heterocycles. The Labute approximate surface area is 264 Å². The average Bonchev–Trinajstić information content (AvgIpc) is 3.38. The van der Waals surface area contributed by atoms with Crippen LogP contribution < -0.4 is 5.32 Å². The summed E-state index contributed by atoms with van der Waals surface area (Å²) < 4.78 is 87.9. The number of aromatic carboxylic acids is 2. The zero-order valence-corrected chi connectivity index (χ0v) is 24.2. The van der Waals surface area contributed by atoms with Crippen LogP contribution in [-0.2, 0) is 17.1 Å². The molecule has 3 aromatic heterocycles. The Balaban J connectivity index is 1.38. The molecule has 19 heteroatoms. The summed E-state index contributed by atoms with van der Waals surface area (Å²) in [5.41, 5.74) is -3.37. The van der Waals surface area contributed by atoms with Gasteiger partial charge in [-0.15, -0.1) is 10.2 Å². The largest absolute Gasteiger partial charge is 0.478 e. The third kappa shape index (κ3) is 6.32. The Morgan fingerprint density at radius 3 is 1.62 bits per heavy atom. The number of nitrogens with zero attached hydrogens (tertiary/aromatic N) is 7. The third-order valence-corrected chi connectivity index (χ3v) is 7.19. The van der Waals surface area contributed by atoms with Crippen LogP contribution >= 0.6 is 0 Å². The molecule has 3 N–H and O–H groups in total. The molecule has 2 atom stereocenters. The number of hydrogen-bond acceptors (Lipinski definition) is 9. The van der Waals surface area contributed by atoms with E-state index in [0.717, 1.165) is 33.6 Å². The van der Waals surface area contributed by atoms with Crippen LogP contribution in [0.15, 0.2) is 60.9 Å². The van der Waals surface area contributed by atoms with Gasteiger partial charge in [-0.05, 0) is 60.6 Å². The third-order valence-electron chi connectivity index (χ3n) is 7.19. The van der Waals surface area contributed by atoms with E-state index in [9.17, 15) is 46.1 Å². The summed E-state index contributed by atoms with van der Waals surface area (Å²) in [7, 11) is 0. The highest BCUT2D eigenvalue weighted by Crippen LogP contribution is 2.40. The Kier molecular flexibility index (Phi) is 7.95. The van der Waals surface area contributed by atoms with E-state index in [1.807, 2.05) is 6.92 Å². The molecule has 0 radical (unpaired) electrons. The van der Waals surface area contributed by atoms with Gasteiger partial charge in [-0.3, -0.25) is 5.32 Å². The molecule has 1 aliphatic rings. The predicted molar refractivity (Wildman–Crippen MR) is 150 cm³/mol. The predicted octanol–water partition coefficient (Wildman–Crippen LogP) is 5.02. The number of epoxide rings is 1. The number of carboxylic acids is 2. The second-order valence-electron chi connectivity index (χ2n) is 10.4.